The number of nitrogens with zero attached hydrogens (tertiary/aromatic N) is 2. The van der Waals surface area contributed by atoms with Crippen molar-refractivity contribution in [3.05, 3.63) is 35.9 Å². The molecule has 8 heteroatoms. The first-order valence-electron chi connectivity index (χ1n) is 7.59. The summed E-state index contributed by atoms with van der Waals surface area (Å²) in [5.74, 6) is 0. The molecule has 6 nitrogen and oxygen atoms in total. The van der Waals surface area contributed by atoms with Crippen LogP contribution in [0.25, 0.3) is 0 Å². The van der Waals surface area contributed by atoms with Crippen LogP contribution in [0, 0.1) is 0 Å². The number of carbonyl (C=O) groups is 3. The predicted octanol–water partition coefficient (Wildman–Crippen LogP) is 2.84. The SMILES string of the molecule is CC(C)NC(=O)N1CCN(C(=O)SC(=O)c2ccccc2)CC1.Cl. The molecular weight excluding hydrogens is 350 g/mol. The number of halogens is 1. The number of amides is 3. The molecule has 0 bridgehead atoms. The van der Waals surface area contributed by atoms with Gasteiger partial charge in [0.1, 0.15) is 0 Å². The Balaban J connectivity index is 0.00000288. The minimum atomic E-state index is -0.261. The van der Waals surface area contributed by atoms with Crippen LogP contribution in [-0.2, 0) is 0 Å². The smallest absolute Gasteiger partial charge is 0.317 e. The van der Waals surface area contributed by atoms with E-state index in [1.165, 1.54) is 0 Å². The van der Waals surface area contributed by atoms with Gasteiger partial charge in [-0.1, -0.05) is 30.3 Å². The standard InChI is InChI=1S/C16H21N3O3S.ClH/c1-12(2)17-15(21)18-8-10-19(11-9-18)16(22)23-14(20)13-6-4-3-5-7-13;/h3-7,12H,8-11H2,1-2H3,(H,17,21);1H. The number of rotatable bonds is 2. The molecule has 1 saturated heterocycles. The third-order valence-electron chi connectivity index (χ3n) is 3.43. The second-order valence-electron chi connectivity index (χ2n) is 5.60. The molecule has 0 radical (unpaired) electrons. The van der Waals surface area contributed by atoms with Crippen LogP contribution in [0.15, 0.2) is 30.3 Å². The summed E-state index contributed by atoms with van der Waals surface area (Å²) in [5.41, 5.74) is 0.515. The third-order valence-corrected chi connectivity index (χ3v) is 4.28. The van der Waals surface area contributed by atoms with Crippen molar-refractivity contribution < 1.29 is 14.4 Å². The lowest BCUT2D eigenvalue weighted by molar-refractivity contribution is 0.108. The summed E-state index contributed by atoms with van der Waals surface area (Å²) in [4.78, 5) is 39.4. The van der Waals surface area contributed by atoms with E-state index in [-0.39, 0.29) is 34.8 Å². The van der Waals surface area contributed by atoms with Crippen LogP contribution in [0.4, 0.5) is 9.59 Å². The van der Waals surface area contributed by atoms with E-state index < -0.39 is 0 Å². The molecule has 0 aromatic heterocycles. The Labute approximate surface area is 152 Å². The van der Waals surface area contributed by atoms with E-state index in [1.807, 2.05) is 19.9 Å². The van der Waals surface area contributed by atoms with Gasteiger partial charge in [0.25, 0.3) is 5.24 Å². The van der Waals surface area contributed by atoms with Gasteiger partial charge in [0, 0.05) is 49.5 Å². The lowest BCUT2D eigenvalue weighted by Crippen LogP contribution is -2.53. The summed E-state index contributed by atoms with van der Waals surface area (Å²) in [6.45, 7) is 5.65. The van der Waals surface area contributed by atoms with Gasteiger partial charge in [0.2, 0.25) is 5.12 Å². The Morgan fingerprint density at radius 1 is 1.00 bits per heavy atom. The molecular formula is C16H22ClN3O3S. The number of urea groups is 1. The molecule has 3 amide bonds. The van der Waals surface area contributed by atoms with E-state index in [1.54, 1.807) is 34.1 Å². The first kappa shape index (κ1) is 20.3. The van der Waals surface area contributed by atoms with Crippen molar-refractivity contribution in [2.45, 2.75) is 19.9 Å². The van der Waals surface area contributed by atoms with Gasteiger partial charge >= 0.3 is 6.03 Å². The Kier molecular flexibility index (Phi) is 8.07. The number of benzene rings is 1. The molecule has 1 aromatic carbocycles. The van der Waals surface area contributed by atoms with Gasteiger partial charge in [-0.3, -0.25) is 9.59 Å². The molecule has 1 fully saturated rings. The maximum Gasteiger partial charge on any atom is 0.317 e. The first-order valence-corrected chi connectivity index (χ1v) is 8.40. The van der Waals surface area contributed by atoms with Crippen LogP contribution in [0.2, 0.25) is 0 Å². The maximum atomic E-state index is 12.2. The van der Waals surface area contributed by atoms with Gasteiger partial charge < -0.3 is 15.1 Å². The van der Waals surface area contributed by atoms with Crippen molar-refractivity contribution in [2.24, 2.45) is 0 Å². The van der Waals surface area contributed by atoms with Gasteiger partial charge in [-0.25, -0.2) is 4.79 Å². The van der Waals surface area contributed by atoms with Gasteiger partial charge in [-0.15, -0.1) is 12.4 Å². The number of thioether (sulfide) groups is 1. The molecule has 1 aliphatic heterocycles. The normalized spacial score (nSPS) is 14.1. The van der Waals surface area contributed by atoms with E-state index in [4.69, 9.17) is 0 Å². The maximum absolute atomic E-state index is 12.2. The van der Waals surface area contributed by atoms with Crippen molar-refractivity contribution in [1.82, 2.24) is 15.1 Å². The van der Waals surface area contributed by atoms with Crippen LogP contribution in [-0.4, -0.2) is 58.4 Å². The second-order valence-corrected chi connectivity index (χ2v) is 6.52. The van der Waals surface area contributed by atoms with E-state index in [0.717, 1.165) is 0 Å². The Morgan fingerprint density at radius 3 is 2.08 bits per heavy atom. The largest absolute Gasteiger partial charge is 0.336 e. The lowest BCUT2D eigenvalue weighted by atomic mass is 10.2. The minimum absolute atomic E-state index is 0. The number of carbonyl (C=O) groups excluding carboxylic acids is 3. The van der Waals surface area contributed by atoms with Gasteiger partial charge in [0.05, 0.1) is 0 Å². The third kappa shape index (κ3) is 5.72. The van der Waals surface area contributed by atoms with E-state index >= 15 is 0 Å². The summed E-state index contributed by atoms with van der Waals surface area (Å²) < 4.78 is 0. The highest BCUT2D eigenvalue weighted by Crippen LogP contribution is 2.17. The number of hydrogen-bond donors (Lipinski definition) is 1. The quantitative estimate of drug-likeness (QED) is 0.867. The summed E-state index contributed by atoms with van der Waals surface area (Å²) in [6.07, 6.45) is 0. The fraction of sp³-hybridized carbons (Fsp3) is 0.438. The number of hydrogen-bond acceptors (Lipinski definition) is 4. The molecule has 0 atom stereocenters. The number of piperazine rings is 1. The summed E-state index contributed by atoms with van der Waals surface area (Å²) in [6, 6.07) is 8.72. The van der Waals surface area contributed by atoms with Crippen LogP contribution in [0.5, 0.6) is 0 Å². The zero-order chi connectivity index (χ0) is 16.8. The first-order chi connectivity index (χ1) is 11.0. The molecule has 0 saturated carbocycles. The topological polar surface area (TPSA) is 69.7 Å². The molecule has 24 heavy (non-hydrogen) atoms. The average Bonchev–Trinajstić information content (AvgIpc) is 2.55. The fourth-order valence-electron chi connectivity index (χ4n) is 2.21. The average molecular weight is 372 g/mol. The van der Waals surface area contributed by atoms with Gasteiger partial charge in [-0.05, 0) is 13.8 Å². The minimum Gasteiger partial charge on any atom is -0.336 e. The van der Waals surface area contributed by atoms with Gasteiger partial charge in [0.15, 0.2) is 0 Å². The summed E-state index contributed by atoms with van der Waals surface area (Å²) in [5, 5.41) is 2.32. The van der Waals surface area contributed by atoms with E-state index in [0.29, 0.717) is 43.5 Å². The highest BCUT2D eigenvalue weighted by Gasteiger charge is 2.26. The van der Waals surface area contributed by atoms with Crippen LogP contribution in [0.1, 0.15) is 24.2 Å². The van der Waals surface area contributed by atoms with E-state index in [2.05, 4.69) is 5.32 Å². The molecule has 1 heterocycles. The van der Waals surface area contributed by atoms with Crippen LogP contribution >= 0.6 is 24.2 Å². The lowest BCUT2D eigenvalue weighted by Gasteiger charge is -2.34. The molecule has 1 aliphatic rings. The molecule has 1 aromatic rings. The van der Waals surface area contributed by atoms with Crippen LogP contribution < -0.4 is 5.32 Å². The summed E-state index contributed by atoms with van der Waals surface area (Å²) >= 11 is 0.709. The molecule has 0 unspecified atom stereocenters. The van der Waals surface area contributed by atoms with Crippen molar-refractivity contribution in [1.29, 1.82) is 0 Å². The molecule has 1 N–H and O–H groups in total. The molecule has 2 rings (SSSR count). The zero-order valence-corrected chi connectivity index (χ0v) is 15.4. The Bertz CT molecular complexity index is 575. The molecule has 132 valence electrons. The van der Waals surface area contributed by atoms with Crippen LogP contribution in [0.3, 0.4) is 0 Å². The fourth-order valence-corrected chi connectivity index (χ4v) is 2.93. The second kappa shape index (κ2) is 9.54. The van der Waals surface area contributed by atoms with Crippen molar-refractivity contribution >= 4 is 40.6 Å². The monoisotopic (exact) mass is 371 g/mol. The summed E-state index contributed by atoms with van der Waals surface area (Å²) in [7, 11) is 0. The Morgan fingerprint density at radius 2 is 1.54 bits per heavy atom. The zero-order valence-electron chi connectivity index (χ0n) is 13.7. The highest BCUT2D eigenvalue weighted by molar-refractivity contribution is 8.26. The van der Waals surface area contributed by atoms with Crippen molar-refractivity contribution in [2.75, 3.05) is 26.2 Å². The molecule has 0 spiro atoms. The van der Waals surface area contributed by atoms with E-state index in [9.17, 15) is 14.4 Å². The predicted molar refractivity (Wildman–Crippen MR) is 97.8 cm³/mol. The van der Waals surface area contributed by atoms with Gasteiger partial charge in [-0.2, -0.15) is 0 Å². The van der Waals surface area contributed by atoms with Crippen molar-refractivity contribution in [3.8, 4) is 0 Å². The Hall–Kier alpha value is -1.73. The number of nitrogens with one attached hydrogen (secondary N) is 1. The highest BCUT2D eigenvalue weighted by atomic mass is 35.5. The molecule has 0 aliphatic carbocycles. The van der Waals surface area contributed by atoms with Crippen molar-refractivity contribution in [3.63, 3.8) is 0 Å².